The molecule has 0 radical (unpaired) electrons. The molecule has 0 unspecified atom stereocenters. The van der Waals surface area contributed by atoms with Crippen LogP contribution < -0.4 is 4.74 Å². The zero-order chi connectivity index (χ0) is 14.6. The zero-order valence-corrected chi connectivity index (χ0v) is 12.7. The molecule has 0 saturated carbocycles. The van der Waals surface area contributed by atoms with E-state index in [1.165, 1.54) is 0 Å². The second kappa shape index (κ2) is 6.09. The minimum Gasteiger partial charge on any atom is -0.494 e. The van der Waals surface area contributed by atoms with E-state index in [1.807, 2.05) is 32.9 Å². The predicted octanol–water partition coefficient (Wildman–Crippen LogP) is 3.95. The highest BCUT2D eigenvalue weighted by Gasteiger charge is 2.21. The molecule has 1 aromatic carbocycles. The molecule has 1 rings (SSSR count). The van der Waals surface area contributed by atoms with Crippen LogP contribution in [0.4, 0.5) is 0 Å². The molecule has 0 heterocycles. The van der Waals surface area contributed by atoms with E-state index in [0.29, 0.717) is 12.2 Å². The first kappa shape index (κ1) is 15.5. The molecule has 0 bridgehead atoms. The van der Waals surface area contributed by atoms with Crippen molar-refractivity contribution in [3.05, 3.63) is 29.3 Å². The van der Waals surface area contributed by atoms with Crippen molar-refractivity contribution < 1.29 is 14.3 Å². The number of esters is 1. The van der Waals surface area contributed by atoms with E-state index in [-0.39, 0.29) is 17.5 Å². The van der Waals surface area contributed by atoms with Gasteiger partial charge in [0.1, 0.15) is 5.75 Å². The minimum absolute atomic E-state index is 0.0847. The Balaban J connectivity index is 3.15. The molecular weight excluding hydrogens is 240 g/mol. The van der Waals surface area contributed by atoms with Crippen LogP contribution in [-0.4, -0.2) is 18.7 Å². The van der Waals surface area contributed by atoms with E-state index in [4.69, 9.17) is 9.47 Å². The van der Waals surface area contributed by atoms with Crippen LogP contribution in [0.1, 0.15) is 57.5 Å². The fourth-order valence-corrected chi connectivity index (χ4v) is 1.81. The highest BCUT2D eigenvalue weighted by Crippen LogP contribution is 2.32. The second-order valence-corrected chi connectivity index (χ2v) is 5.85. The van der Waals surface area contributed by atoms with Crippen molar-refractivity contribution >= 4 is 5.97 Å². The number of hydrogen-bond donors (Lipinski definition) is 0. The van der Waals surface area contributed by atoms with Gasteiger partial charge in [-0.15, -0.1) is 0 Å². The molecule has 0 N–H and O–H groups in total. The lowest BCUT2D eigenvalue weighted by Crippen LogP contribution is -2.16. The number of benzene rings is 1. The summed E-state index contributed by atoms with van der Waals surface area (Å²) in [6.07, 6.45) is -0.114. The Hall–Kier alpha value is -1.51. The summed E-state index contributed by atoms with van der Waals surface area (Å²) in [7, 11) is 0. The summed E-state index contributed by atoms with van der Waals surface area (Å²) in [5, 5.41) is 0. The quantitative estimate of drug-likeness (QED) is 0.772. The van der Waals surface area contributed by atoms with E-state index < -0.39 is 0 Å². The lowest BCUT2D eigenvalue weighted by atomic mass is 9.85. The Kier molecular flexibility index (Phi) is 4.98. The van der Waals surface area contributed by atoms with E-state index in [1.54, 1.807) is 6.07 Å². The average molecular weight is 264 g/mol. The van der Waals surface area contributed by atoms with Crippen molar-refractivity contribution in [1.82, 2.24) is 0 Å². The normalized spacial score (nSPS) is 11.5. The van der Waals surface area contributed by atoms with Crippen LogP contribution in [0.15, 0.2) is 18.2 Å². The van der Waals surface area contributed by atoms with Crippen LogP contribution in [0.3, 0.4) is 0 Å². The average Bonchev–Trinajstić information content (AvgIpc) is 2.27. The maximum atomic E-state index is 11.9. The highest BCUT2D eigenvalue weighted by atomic mass is 16.5. The SMILES string of the molecule is CCOc1ccc(C(=O)OC(C)C)cc1C(C)(C)C. The van der Waals surface area contributed by atoms with Crippen molar-refractivity contribution in [3.8, 4) is 5.75 Å². The van der Waals surface area contributed by atoms with Gasteiger partial charge in [-0.25, -0.2) is 4.79 Å². The van der Waals surface area contributed by atoms with Gasteiger partial charge < -0.3 is 9.47 Å². The highest BCUT2D eigenvalue weighted by molar-refractivity contribution is 5.90. The molecule has 3 nitrogen and oxygen atoms in total. The van der Waals surface area contributed by atoms with E-state index in [0.717, 1.165) is 11.3 Å². The van der Waals surface area contributed by atoms with Crippen molar-refractivity contribution in [2.45, 2.75) is 53.1 Å². The lowest BCUT2D eigenvalue weighted by Gasteiger charge is -2.23. The molecule has 0 aromatic heterocycles. The topological polar surface area (TPSA) is 35.5 Å². The first-order valence-electron chi connectivity index (χ1n) is 6.74. The Morgan fingerprint density at radius 2 is 1.89 bits per heavy atom. The Morgan fingerprint density at radius 3 is 2.37 bits per heavy atom. The molecule has 0 aliphatic carbocycles. The monoisotopic (exact) mass is 264 g/mol. The fourth-order valence-electron chi connectivity index (χ4n) is 1.81. The number of carbonyl (C=O) groups excluding carboxylic acids is 1. The van der Waals surface area contributed by atoms with Gasteiger partial charge in [0.25, 0.3) is 0 Å². The van der Waals surface area contributed by atoms with Gasteiger partial charge in [-0.05, 0) is 44.4 Å². The maximum Gasteiger partial charge on any atom is 0.338 e. The van der Waals surface area contributed by atoms with Gasteiger partial charge in [0.15, 0.2) is 0 Å². The van der Waals surface area contributed by atoms with Crippen LogP contribution in [-0.2, 0) is 10.2 Å². The van der Waals surface area contributed by atoms with Crippen LogP contribution in [0, 0.1) is 0 Å². The first-order valence-corrected chi connectivity index (χ1v) is 6.74. The van der Waals surface area contributed by atoms with Gasteiger partial charge >= 0.3 is 5.97 Å². The summed E-state index contributed by atoms with van der Waals surface area (Å²) in [5.74, 6) is 0.541. The number of hydrogen-bond acceptors (Lipinski definition) is 3. The second-order valence-electron chi connectivity index (χ2n) is 5.85. The predicted molar refractivity (Wildman–Crippen MR) is 76.9 cm³/mol. The molecule has 0 fully saturated rings. The molecule has 0 amide bonds. The third-order valence-electron chi connectivity index (χ3n) is 2.67. The summed E-state index contributed by atoms with van der Waals surface area (Å²) in [6, 6.07) is 5.47. The third-order valence-corrected chi connectivity index (χ3v) is 2.67. The van der Waals surface area contributed by atoms with Gasteiger partial charge in [0.05, 0.1) is 18.3 Å². The molecule has 0 atom stereocenters. The summed E-state index contributed by atoms with van der Waals surface area (Å²) in [4.78, 5) is 11.9. The lowest BCUT2D eigenvalue weighted by molar-refractivity contribution is 0.0377. The molecule has 0 aliphatic rings. The third kappa shape index (κ3) is 4.27. The van der Waals surface area contributed by atoms with E-state index in [2.05, 4.69) is 20.8 Å². The van der Waals surface area contributed by atoms with Crippen molar-refractivity contribution in [2.75, 3.05) is 6.61 Å². The molecule has 0 aliphatic heterocycles. The number of carbonyl (C=O) groups is 1. The number of ether oxygens (including phenoxy) is 2. The zero-order valence-electron chi connectivity index (χ0n) is 12.7. The van der Waals surface area contributed by atoms with E-state index >= 15 is 0 Å². The molecule has 0 spiro atoms. The van der Waals surface area contributed by atoms with Crippen LogP contribution in [0.5, 0.6) is 5.75 Å². The molecule has 3 heteroatoms. The summed E-state index contributed by atoms with van der Waals surface area (Å²) < 4.78 is 10.9. The van der Waals surface area contributed by atoms with Gasteiger partial charge in [-0.2, -0.15) is 0 Å². The Labute approximate surface area is 115 Å². The largest absolute Gasteiger partial charge is 0.494 e. The van der Waals surface area contributed by atoms with E-state index in [9.17, 15) is 4.79 Å². The van der Waals surface area contributed by atoms with Crippen LogP contribution in [0.2, 0.25) is 0 Å². The molecular formula is C16H24O3. The smallest absolute Gasteiger partial charge is 0.338 e. The van der Waals surface area contributed by atoms with Crippen LogP contribution >= 0.6 is 0 Å². The molecule has 0 saturated heterocycles. The Morgan fingerprint density at radius 1 is 1.26 bits per heavy atom. The molecule has 19 heavy (non-hydrogen) atoms. The maximum absolute atomic E-state index is 11.9. The molecule has 1 aromatic rings. The molecule has 106 valence electrons. The number of rotatable bonds is 4. The minimum atomic E-state index is -0.288. The fraction of sp³-hybridized carbons (Fsp3) is 0.562. The standard InChI is InChI=1S/C16H24O3/c1-7-18-14-9-8-12(15(17)19-11(2)3)10-13(14)16(4,5)6/h8-11H,7H2,1-6H3. The van der Waals surface area contributed by atoms with Crippen molar-refractivity contribution in [3.63, 3.8) is 0 Å². The Bertz CT molecular complexity index is 442. The van der Waals surface area contributed by atoms with Crippen LogP contribution in [0.25, 0.3) is 0 Å². The van der Waals surface area contributed by atoms with Gasteiger partial charge in [-0.1, -0.05) is 20.8 Å². The van der Waals surface area contributed by atoms with Gasteiger partial charge in [-0.3, -0.25) is 0 Å². The van der Waals surface area contributed by atoms with Crippen molar-refractivity contribution in [1.29, 1.82) is 0 Å². The summed E-state index contributed by atoms with van der Waals surface area (Å²) >= 11 is 0. The van der Waals surface area contributed by atoms with Gasteiger partial charge in [0.2, 0.25) is 0 Å². The summed E-state index contributed by atoms with van der Waals surface area (Å²) in [5.41, 5.74) is 1.51. The summed E-state index contributed by atoms with van der Waals surface area (Å²) in [6.45, 7) is 12.5. The van der Waals surface area contributed by atoms with Crippen molar-refractivity contribution in [2.24, 2.45) is 0 Å². The first-order chi connectivity index (χ1) is 8.75. The van der Waals surface area contributed by atoms with Gasteiger partial charge in [0, 0.05) is 5.56 Å².